The second-order valence-electron chi connectivity index (χ2n) is 8.81. The van der Waals surface area contributed by atoms with Crippen LogP contribution in [0.4, 0.5) is 0 Å². The number of carbonyl (C=O) groups is 1. The minimum Gasteiger partial charge on any atom is -0.489 e. The Morgan fingerprint density at radius 3 is 2.59 bits per heavy atom. The first-order chi connectivity index (χ1) is 18.9. The van der Waals surface area contributed by atoms with Crippen molar-refractivity contribution in [3.63, 3.8) is 0 Å². The summed E-state index contributed by atoms with van der Waals surface area (Å²) in [7, 11) is 0. The highest BCUT2D eigenvalue weighted by Crippen LogP contribution is 2.31. The largest absolute Gasteiger partial charge is 0.489 e. The molecule has 0 spiro atoms. The fourth-order valence-electron chi connectivity index (χ4n) is 4.37. The first-order valence-corrected chi connectivity index (χ1v) is 13.8. The number of rotatable bonds is 7. The molecule has 3 aromatic carbocycles. The van der Waals surface area contributed by atoms with Crippen molar-refractivity contribution in [3.05, 3.63) is 130 Å². The molecule has 9 heteroatoms. The lowest BCUT2D eigenvalue weighted by Gasteiger charge is -2.24. The molecular formula is C30H24Cl2N2O4S. The first kappa shape index (κ1) is 26.9. The summed E-state index contributed by atoms with van der Waals surface area (Å²) < 4.78 is 13.3. The Hall–Kier alpha value is -3.65. The summed E-state index contributed by atoms with van der Waals surface area (Å²) in [5, 5.41) is 1.20. The highest BCUT2D eigenvalue weighted by atomic mass is 35.5. The van der Waals surface area contributed by atoms with Crippen molar-refractivity contribution in [2.45, 2.75) is 26.5 Å². The number of thiazole rings is 1. The third-order valence-electron chi connectivity index (χ3n) is 6.21. The highest BCUT2D eigenvalue weighted by Gasteiger charge is 2.33. The van der Waals surface area contributed by atoms with E-state index in [-0.39, 0.29) is 12.2 Å². The predicted octanol–water partition coefficient (Wildman–Crippen LogP) is 5.68. The van der Waals surface area contributed by atoms with Gasteiger partial charge in [0.2, 0.25) is 0 Å². The van der Waals surface area contributed by atoms with Crippen molar-refractivity contribution in [1.29, 1.82) is 0 Å². The number of nitrogens with zero attached hydrogens (tertiary/aromatic N) is 2. The zero-order chi connectivity index (χ0) is 27.5. The van der Waals surface area contributed by atoms with Gasteiger partial charge in [-0.05, 0) is 61.4 Å². The Kier molecular flexibility index (Phi) is 8.02. The van der Waals surface area contributed by atoms with Crippen molar-refractivity contribution in [2.75, 3.05) is 6.61 Å². The smallest absolute Gasteiger partial charge is 0.338 e. The lowest BCUT2D eigenvalue weighted by Crippen LogP contribution is -2.39. The van der Waals surface area contributed by atoms with Crippen molar-refractivity contribution >= 4 is 46.6 Å². The molecule has 6 nitrogen and oxygen atoms in total. The van der Waals surface area contributed by atoms with E-state index in [1.54, 1.807) is 36.6 Å². The molecule has 0 saturated carbocycles. The monoisotopic (exact) mass is 578 g/mol. The lowest BCUT2D eigenvalue weighted by atomic mass is 9.96. The average Bonchev–Trinajstić information content (AvgIpc) is 3.22. The summed E-state index contributed by atoms with van der Waals surface area (Å²) in [6.07, 6.45) is 1.80. The molecule has 5 rings (SSSR count). The minimum atomic E-state index is -0.690. The number of aromatic nitrogens is 1. The van der Waals surface area contributed by atoms with Gasteiger partial charge in [-0.1, -0.05) is 77.0 Å². The van der Waals surface area contributed by atoms with Crippen molar-refractivity contribution in [1.82, 2.24) is 4.57 Å². The Labute approximate surface area is 239 Å². The molecule has 0 saturated heterocycles. The minimum absolute atomic E-state index is 0.211. The summed E-state index contributed by atoms with van der Waals surface area (Å²) in [6.45, 7) is 4.03. The van der Waals surface area contributed by atoms with Crippen LogP contribution in [0.15, 0.2) is 93.9 Å². The molecule has 1 aromatic heterocycles. The summed E-state index contributed by atoms with van der Waals surface area (Å²) in [4.78, 5) is 31.9. The third kappa shape index (κ3) is 5.71. The molecule has 0 N–H and O–H groups in total. The average molecular weight is 580 g/mol. The molecule has 0 bridgehead atoms. The zero-order valence-electron chi connectivity index (χ0n) is 21.2. The molecule has 1 aliphatic heterocycles. The SMILES string of the molecule is CCOC(=O)C1=C(C)N=c2sc(=Cc3cccc(OCc4ccccc4Cl)c3)c(=O)n2C1c1ccc(Cl)cc1. The van der Waals surface area contributed by atoms with Crippen molar-refractivity contribution < 1.29 is 14.3 Å². The highest BCUT2D eigenvalue weighted by molar-refractivity contribution is 7.07. The van der Waals surface area contributed by atoms with Crippen molar-refractivity contribution in [3.8, 4) is 5.75 Å². The topological polar surface area (TPSA) is 69.9 Å². The second-order valence-corrected chi connectivity index (χ2v) is 10.7. The summed E-state index contributed by atoms with van der Waals surface area (Å²) in [6, 6.07) is 21.4. The number of allylic oxidation sites excluding steroid dienone is 1. The van der Waals surface area contributed by atoms with E-state index in [1.165, 1.54) is 11.3 Å². The molecule has 1 unspecified atom stereocenters. The van der Waals surface area contributed by atoms with Gasteiger partial charge in [0, 0.05) is 15.6 Å². The Balaban J connectivity index is 1.55. The molecule has 39 heavy (non-hydrogen) atoms. The fourth-order valence-corrected chi connectivity index (χ4v) is 5.74. The Bertz CT molecular complexity index is 1760. The summed E-state index contributed by atoms with van der Waals surface area (Å²) >= 11 is 13.6. The second kappa shape index (κ2) is 11.6. The third-order valence-corrected chi connectivity index (χ3v) is 7.81. The van der Waals surface area contributed by atoms with E-state index < -0.39 is 12.0 Å². The van der Waals surface area contributed by atoms with E-state index >= 15 is 0 Å². The van der Waals surface area contributed by atoms with Gasteiger partial charge in [-0.15, -0.1) is 0 Å². The number of halogens is 2. The predicted molar refractivity (Wildman–Crippen MR) is 154 cm³/mol. The molecule has 0 aliphatic carbocycles. The number of benzene rings is 3. The van der Waals surface area contributed by atoms with Crippen LogP contribution in [0.3, 0.4) is 0 Å². The van der Waals surface area contributed by atoms with Crippen LogP contribution in [0, 0.1) is 0 Å². The van der Waals surface area contributed by atoms with E-state index in [0.717, 1.165) is 16.7 Å². The summed E-state index contributed by atoms with van der Waals surface area (Å²) in [5.41, 5.74) is 2.99. The fraction of sp³-hybridized carbons (Fsp3) is 0.167. The van der Waals surface area contributed by atoms with Gasteiger partial charge in [-0.2, -0.15) is 0 Å². The van der Waals surface area contributed by atoms with Crippen LogP contribution in [-0.2, 0) is 16.1 Å². The molecule has 2 heterocycles. The zero-order valence-corrected chi connectivity index (χ0v) is 23.5. The molecule has 1 atom stereocenters. The van der Waals surface area contributed by atoms with Gasteiger partial charge in [0.1, 0.15) is 12.4 Å². The van der Waals surface area contributed by atoms with Crippen LogP contribution in [0.1, 0.15) is 36.6 Å². The standard InChI is InChI=1S/C30H24Cl2N2O4S/c1-3-37-29(36)26-18(2)33-30-34(27(26)20-11-13-22(31)14-12-20)28(35)25(39-30)16-19-7-6-9-23(15-19)38-17-21-8-4-5-10-24(21)32/h4-16,27H,3,17H2,1-2H3. The van der Waals surface area contributed by atoms with E-state index in [2.05, 4.69) is 4.99 Å². The number of hydrogen-bond acceptors (Lipinski definition) is 6. The molecule has 0 radical (unpaired) electrons. The summed E-state index contributed by atoms with van der Waals surface area (Å²) in [5.74, 6) is 0.146. The van der Waals surface area contributed by atoms with Gasteiger partial charge in [0.15, 0.2) is 4.80 Å². The van der Waals surface area contributed by atoms with Crippen LogP contribution in [0.2, 0.25) is 10.0 Å². The van der Waals surface area contributed by atoms with Gasteiger partial charge in [0.05, 0.1) is 28.5 Å². The molecule has 0 amide bonds. The van der Waals surface area contributed by atoms with Crippen LogP contribution >= 0.6 is 34.5 Å². The Morgan fingerprint density at radius 2 is 1.85 bits per heavy atom. The molecule has 1 aliphatic rings. The Morgan fingerprint density at radius 1 is 1.08 bits per heavy atom. The lowest BCUT2D eigenvalue weighted by molar-refractivity contribution is -0.139. The van der Waals surface area contributed by atoms with Gasteiger partial charge >= 0.3 is 5.97 Å². The van der Waals surface area contributed by atoms with Crippen LogP contribution < -0.4 is 19.6 Å². The maximum atomic E-state index is 13.8. The molecular weight excluding hydrogens is 555 g/mol. The van der Waals surface area contributed by atoms with E-state index in [9.17, 15) is 9.59 Å². The number of carbonyl (C=O) groups excluding carboxylic acids is 1. The van der Waals surface area contributed by atoms with Crippen LogP contribution in [0.25, 0.3) is 6.08 Å². The maximum Gasteiger partial charge on any atom is 0.338 e. The molecule has 198 valence electrons. The van der Waals surface area contributed by atoms with E-state index in [1.807, 2.05) is 60.7 Å². The number of esters is 1. The number of fused-ring (bicyclic) bond motifs is 1. The van der Waals surface area contributed by atoms with Gasteiger partial charge in [0.25, 0.3) is 5.56 Å². The molecule has 4 aromatic rings. The number of ether oxygens (including phenoxy) is 2. The van der Waals surface area contributed by atoms with Crippen LogP contribution in [0.5, 0.6) is 5.75 Å². The number of hydrogen-bond donors (Lipinski definition) is 0. The van der Waals surface area contributed by atoms with Gasteiger partial charge < -0.3 is 9.47 Å². The normalized spacial score (nSPS) is 15.1. The maximum absolute atomic E-state index is 13.8. The first-order valence-electron chi connectivity index (χ1n) is 12.3. The van der Waals surface area contributed by atoms with E-state index in [4.69, 9.17) is 32.7 Å². The van der Waals surface area contributed by atoms with Gasteiger partial charge in [-0.25, -0.2) is 9.79 Å². The van der Waals surface area contributed by atoms with E-state index in [0.29, 0.717) is 43.0 Å². The van der Waals surface area contributed by atoms with Gasteiger partial charge in [-0.3, -0.25) is 9.36 Å². The molecule has 0 fully saturated rings. The van der Waals surface area contributed by atoms with Crippen LogP contribution in [-0.4, -0.2) is 17.1 Å². The van der Waals surface area contributed by atoms with Crippen molar-refractivity contribution in [2.24, 2.45) is 4.99 Å². The quantitative estimate of drug-likeness (QED) is 0.264.